The fourth-order valence-corrected chi connectivity index (χ4v) is 2.45. The van der Waals surface area contributed by atoms with E-state index in [1.165, 1.54) is 24.2 Å². The van der Waals surface area contributed by atoms with Crippen molar-refractivity contribution in [1.82, 2.24) is 9.55 Å². The van der Waals surface area contributed by atoms with Gasteiger partial charge in [-0.1, -0.05) is 0 Å². The van der Waals surface area contributed by atoms with Gasteiger partial charge in [0, 0.05) is 5.69 Å². The van der Waals surface area contributed by atoms with Gasteiger partial charge in [-0.3, -0.25) is 0 Å². The maximum Gasteiger partial charge on any atom is 0.106 e. The quantitative estimate of drug-likeness (QED) is 0.807. The van der Waals surface area contributed by atoms with Crippen molar-refractivity contribution < 1.29 is 5.11 Å². The van der Waals surface area contributed by atoms with Crippen molar-refractivity contribution in [3.63, 3.8) is 0 Å². The van der Waals surface area contributed by atoms with Crippen molar-refractivity contribution in [3.8, 4) is 0 Å². The van der Waals surface area contributed by atoms with Crippen LogP contribution < -0.4 is 0 Å². The Hall–Kier alpha value is -0.830. The van der Waals surface area contributed by atoms with Crippen molar-refractivity contribution >= 4 is 0 Å². The lowest BCUT2D eigenvalue weighted by Gasteiger charge is -2.22. The minimum atomic E-state index is -0.316. The molecule has 1 N–H and O–H groups in total. The molecule has 0 amide bonds. The molecule has 1 heterocycles. The number of hydrogen-bond donors (Lipinski definition) is 1. The van der Waals surface area contributed by atoms with Crippen LogP contribution in [0.25, 0.3) is 0 Å². The number of aromatic nitrogens is 2. The van der Waals surface area contributed by atoms with Gasteiger partial charge in [0.1, 0.15) is 5.82 Å². The second-order valence-electron chi connectivity index (χ2n) is 4.61. The van der Waals surface area contributed by atoms with Gasteiger partial charge in [0.2, 0.25) is 0 Å². The summed E-state index contributed by atoms with van der Waals surface area (Å²) in [7, 11) is 0. The van der Waals surface area contributed by atoms with Gasteiger partial charge in [-0.2, -0.15) is 0 Å². The average molecular weight is 208 g/mol. The summed E-state index contributed by atoms with van der Waals surface area (Å²) < 4.78 is 2.22. The van der Waals surface area contributed by atoms with Crippen molar-refractivity contribution in [2.24, 2.45) is 0 Å². The first-order chi connectivity index (χ1) is 7.11. The molecule has 1 aliphatic carbocycles. The lowest BCUT2D eigenvalue weighted by Crippen LogP contribution is -2.22. The lowest BCUT2D eigenvalue weighted by atomic mass is 10.0. The van der Waals surface area contributed by atoms with Crippen LogP contribution in [0.15, 0.2) is 0 Å². The third kappa shape index (κ3) is 1.81. The van der Waals surface area contributed by atoms with E-state index in [1.807, 2.05) is 13.8 Å². The first kappa shape index (κ1) is 10.7. The molecule has 0 aromatic carbocycles. The SMILES string of the molecule is Cc1nc2c(n1C(C)C(C)O)CCCC2. The molecule has 0 radical (unpaired) electrons. The fourth-order valence-electron chi connectivity index (χ4n) is 2.45. The van der Waals surface area contributed by atoms with E-state index in [2.05, 4.69) is 16.5 Å². The maximum absolute atomic E-state index is 9.67. The molecule has 1 aromatic rings. The van der Waals surface area contributed by atoms with Gasteiger partial charge in [0.25, 0.3) is 0 Å². The molecule has 3 heteroatoms. The Balaban J connectivity index is 2.41. The third-order valence-corrected chi connectivity index (χ3v) is 3.45. The van der Waals surface area contributed by atoms with Crippen LogP contribution in [0, 0.1) is 6.92 Å². The molecule has 0 saturated heterocycles. The predicted molar refractivity (Wildman–Crippen MR) is 60.0 cm³/mol. The Morgan fingerprint density at radius 2 is 1.93 bits per heavy atom. The molecule has 2 atom stereocenters. The summed E-state index contributed by atoms with van der Waals surface area (Å²) in [5.41, 5.74) is 2.61. The number of imidazole rings is 1. The summed E-state index contributed by atoms with van der Waals surface area (Å²) in [6, 6.07) is 0.138. The Kier molecular flexibility index (Phi) is 2.83. The molecule has 84 valence electrons. The molecule has 1 aliphatic rings. The normalized spacial score (nSPS) is 19.7. The maximum atomic E-state index is 9.67. The first-order valence-corrected chi connectivity index (χ1v) is 5.86. The van der Waals surface area contributed by atoms with Crippen LogP contribution in [0.4, 0.5) is 0 Å². The zero-order chi connectivity index (χ0) is 11.0. The van der Waals surface area contributed by atoms with Crippen LogP contribution in [-0.4, -0.2) is 20.8 Å². The molecular formula is C12H20N2O. The number of nitrogens with zero attached hydrogens (tertiary/aromatic N) is 2. The summed E-state index contributed by atoms with van der Waals surface area (Å²) in [4.78, 5) is 4.61. The molecule has 0 bridgehead atoms. The topological polar surface area (TPSA) is 38.0 Å². The molecule has 3 nitrogen and oxygen atoms in total. The van der Waals surface area contributed by atoms with Crippen LogP contribution in [-0.2, 0) is 12.8 Å². The summed E-state index contributed by atoms with van der Waals surface area (Å²) in [6.45, 7) is 5.95. The summed E-state index contributed by atoms with van der Waals surface area (Å²) in [5.74, 6) is 1.05. The predicted octanol–water partition coefficient (Wildman–Crippen LogP) is 2.01. The highest BCUT2D eigenvalue weighted by atomic mass is 16.3. The largest absolute Gasteiger partial charge is 0.391 e. The van der Waals surface area contributed by atoms with E-state index >= 15 is 0 Å². The van der Waals surface area contributed by atoms with Crippen LogP contribution in [0.2, 0.25) is 0 Å². The van der Waals surface area contributed by atoms with Crippen molar-refractivity contribution in [1.29, 1.82) is 0 Å². The van der Waals surface area contributed by atoms with Gasteiger partial charge in [-0.25, -0.2) is 4.98 Å². The van der Waals surface area contributed by atoms with Crippen LogP contribution in [0.5, 0.6) is 0 Å². The molecule has 15 heavy (non-hydrogen) atoms. The standard InChI is InChI=1S/C12H20N2O/c1-8(9(2)15)14-10(3)13-11-6-4-5-7-12(11)14/h8-9,15H,4-7H2,1-3H3. The molecule has 0 fully saturated rings. The van der Waals surface area contributed by atoms with Crippen LogP contribution >= 0.6 is 0 Å². The van der Waals surface area contributed by atoms with E-state index in [4.69, 9.17) is 0 Å². The molecule has 2 rings (SSSR count). The van der Waals surface area contributed by atoms with Crippen LogP contribution in [0.1, 0.15) is 49.9 Å². The van der Waals surface area contributed by atoms with E-state index in [1.54, 1.807) is 0 Å². The minimum Gasteiger partial charge on any atom is -0.391 e. The second-order valence-corrected chi connectivity index (χ2v) is 4.61. The molecule has 0 spiro atoms. The average Bonchev–Trinajstić information content (AvgIpc) is 2.52. The van der Waals surface area contributed by atoms with Gasteiger partial charge in [-0.15, -0.1) is 0 Å². The Morgan fingerprint density at radius 1 is 1.27 bits per heavy atom. The highest BCUT2D eigenvalue weighted by Gasteiger charge is 2.22. The third-order valence-electron chi connectivity index (χ3n) is 3.45. The Labute approximate surface area is 91.1 Å². The van der Waals surface area contributed by atoms with Gasteiger partial charge in [0.15, 0.2) is 0 Å². The number of aliphatic hydroxyl groups is 1. The van der Waals surface area contributed by atoms with E-state index in [-0.39, 0.29) is 12.1 Å². The molecule has 2 unspecified atom stereocenters. The summed E-state index contributed by atoms with van der Waals surface area (Å²) >= 11 is 0. The molecule has 1 aromatic heterocycles. The van der Waals surface area contributed by atoms with Gasteiger partial charge >= 0.3 is 0 Å². The smallest absolute Gasteiger partial charge is 0.106 e. The van der Waals surface area contributed by atoms with E-state index in [9.17, 15) is 5.11 Å². The number of hydrogen-bond acceptors (Lipinski definition) is 2. The van der Waals surface area contributed by atoms with Crippen molar-refractivity contribution in [3.05, 3.63) is 17.2 Å². The van der Waals surface area contributed by atoms with Gasteiger partial charge in [0.05, 0.1) is 17.8 Å². The van der Waals surface area contributed by atoms with E-state index < -0.39 is 0 Å². The van der Waals surface area contributed by atoms with Crippen molar-refractivity contribution in [2.75, 3.05) is 0 Å². The molecular weight excluding hydrogens is 188 g/mol. The molecule has 0 aliphatic heterocycles. The van der Waals surface area contributed by atoms with E-state index in [0.717, 1.165) is 18.7 Å². The highest BCUT2D eigenvalue weighted by molar-refractivity contribution is 5.21. The number of aliphatic hydroxyl groups excluding tert-OH is 1. The second kappa shape index (κ2) is 3.97. The number of rotatable bonds is 2. The van der Waals surface area contributed by atoms with Gasteiger partial charge in [-0.05, 0) is 46.5 Å². The lowest BCUT2D eigenvalue weighted by molar-refractivity contribution is 0.136. The fraction of sp³-hybridized carbons (Fsp3) is 0.750. The minimum absolute atomic E-state index is 0.138. The highest BCUT2D eigenvalue weighted by Crippen LogP contribution is 2.26. The van der Waals surface area contributed by atoms with E-state index in [0.29, 0.717) is 0 Å². The Morgan fingerprint density at radius 3 is 2.60 bits per heavy atom. The molecule has 0 saturated carbocycles. The Bertz CT molecular complexity index is 355. The first-order valence-electron chi connectivity index (χ1n) is 5.86. The summed E-state index contributed by atoms with van der Waals surface area (Å²) in [5, 5.41) is 9.67. The summed E-state index contributed by atoms with van der Waals surface area (Å²) in [6.07, 6.45) is 4.42. The number of aryl methyl sites for hydroxylation is 2. The number of fused-ring (bicyclic) bond motifs is 1. The van der Waals surface area contributed by atoms with Crippen molar-refractivity contribution in [2.45, 2.75) is 58.6 Å². The monoisotopic (exact) mass is 208 g/mol. The van der Waals surface area contributed by atoms with Gasteiger partial charge < -0.3 is 9.67 Å². The zero-order valence-corrected chi connectivity index (χ0v) is 9.82. The van der Waals surface area contributed by atoms with Crippen LogP contribution in [0.3, 0.4) is 0 Å². The zero-order valence-electron chi connectivity index (χ0n) is 9.82.